The standard InChI is InChI=1S/C24H20N4O2/c1-18-22(17-27-28(18)20-9-3-2-4-10-20)24(29)26-13-5-6-15-30-21-12-11-19-8-7-14-25-23(19)16-21/h2-4,7-12,14,16-17H,13,15H2,1H3,(H,26,29). The molecule has 0 unspecified atom stereocenters. The number of hydrogen-bond acceptors (Lipinski definition) is 4. The lowest BCUT2D eigenvalue weighted by Crippen LogP contribution is -2.24. The Bertz CT molecular complexity index is 1240. The van der Waals surface area contributed by atoms with Crippen molar-refractivity contribution < 1.29 is 9.53 Å². The minimum absolute atomic E-state index is 0.203. The summed E-state index contributed by atoms with van der Waals surface area (Å²) in [6.07, 6.45) is 3.32. The van der Waals surface area contributed by atoms with Gasteiger partial charge in [-0.15, -0.1) is 0 Å². The second-order valence-corrected chi connectivity index (χ2v) is 6.57. The van der Waals surface area contributed by atoms with Gasteiger partial charge in [0.25, 0.3) is 5.91 Å². The molecule has 0 radical (unpaired) electrons. The van der Waals surface area contributed by atoms with E-state index in [0.717, 1.165) is 22.3 Å². The number of ether oxygens (including phenoxy) is 1. The third-order valence-corrected chi connectivity index (χ3v) is 4.61. The van der Waals surface area contributed by atoms with Crippen LogP contribution in [0.25, 0.3) is 16.6 Å². The number of rotatable bonds is 5. The second-order valence-electron chi connectivity index (χ2n) is 6.57. The summed E-state index contributed by atoms with van der Waals surface area (Å²) in [5.74, 6) is 6.32. The SMILES string of the molecule is Cc1c(C(=O)NCC#CCOc2ccc3cccnc3c2)cnn1-c1ccccc1. The van der Waals surface area contributed by atoms with Crippen molar-refractivity contribution in [2.45, 2.75) is 6.92 Å². The van der Waals surface area contributed by atoms with E-state index in [9.17, 15) is 4.79 Å². The fraction of sp³-hybridized carbons (Fsp3) is 0.125. The molecule has 6 heteroatoms. The van der Waals surface area contributed by atoms with Crippen molar-refractivity contribution in [3.05, 3.63) is 84.3 Å². The lowest BCUT2D eigenvalue weighted by atomic mass is 10.2. The molecule has 0 bridgehead atoms. The number of nitrogens with zero attached hydrogens (tertiary/aromatic N) is 3. The Hall–Kier alpha value is -4.11. The molecule has 0 aliphatic carbocycles. The number of amides is 1. The molecule has 2 heterocycles. The molecule has 0 aliphatic heterocycles. The number of pyridine rings is 1. The Balaban J connectivity index is 1.29. The number of para-hydroxylation sites is 1. The van der Waals surface area contributed by atoms with Crippen molar-refractivity contribution in [2.24, 2.45) is 0 Å². The quantitative estimate of drug-likeness (QED) is 0.524. The van der Waals surface area contributed by atoms with Crippen molar-refractivity contribution in [2.75, 3.05) is 13.2 Å². The second kappa shape index (κ2) is 8.93. The number of aromatic nitrogens is 3. The monoisotopic (exact) mass is 396 g/mol. The number of carbonyl (C=O) groups excluding carboxylic acids is 1. The molecule has 6 nitrogen and oxygen atoms in total. The first kappa shape index (κ1) is 19.2. The van der Waals surface area contributed by atoms with Crippen molar-refractivity contribution in [3.63, 3.8) is 0 Å². The molecule has 4 rings (SSSR count). The summed E-state index contributed by atoms with van der Waals surface area (Å²) in [7, 11) is 0. The Morgan fingerprint density at radius 2 is 1.97 bits per heavy atom. The van der Waals surface area contributed by atoms with Crippen LogP contribution in [0, 0.1) is 18.8 Å². The van der Waals surface area contributed by atoms with E-state index >= 15 is 0 Å². The molecule has 0 atom stereocenters. The Kier molecular flexibility index (Phi) is 5.72. The summed E-state index contributed by atoms with van der Waals surface area (Å²) in [5.41, 5.74) is 3.09. The highest BCUT2D eigenvalue weighted by molar-refractivity contribution is 5.95. The minimum atomic E-state index is -0.203. The number of hydrogen-bond donors (Lipinski definition) is 1. The van der Waals surface area contributed by atoms with Gasteiger partial charge in [-0.1, -0.05) is 36.1 Å². The summed E-state index contributed by atoms with van der Waals surface area (Å²) in [5, 5.41) is 8.17. The minimum Gasteiger partial charge on any atom is -0.481 e. The average Bonchev–Trinajstić information content (AvgIpc) is 3.18. The van der Waals surface area contributed by atoms with E-state index < -0.39 is 0 Å². The highest BCUT2D eigenvalue weighted by Crippen LogP contribution is 2.18. The highest BCUT2D eigenvalue weighted by atomic mass is 16.5. The molecule has 0 aliphatic rings. The maximum atomic E-state index is 12.4. The number of fused-ring (bicyclic) bond motifs is 1. The van der Waals surface area contributed by atoms with Crippen LogP contribution >= 0.6 is 0 Å². The zero-order chi connectivity index (χ0) is 20.8. The van der Waals surface area contributed by atoms with Crippen molar-refractivity contribution >= 4 is 16.8 Å². The van der Waals surface area contributed by atoms with E-state index in [2.05, 4.69) is 27.2 Å². The van der Waals surface area contributed by atoms with Gasteiger partial charge in [0.05, 0.1) is 35.2 Å². The first-order valence-corrected chi connectivity index (χ1v) is 9.54. The predicted molar refractivity (Wildman–Crippen MR) is 116 cm³/mol. The largest absolute Gasteiger partial charge is 0.481 e. The Labute approximate surface area is 174 Å². The lowest BCUT2D eigenvalue weighted by Gasteiger charge is -2.05. The zero-order valence-corrected chi connectivity index (χ0v) is 16.5. The fourth-order valence-corrected chi connectivity index (χ4v) is 3.05. The van der Waals surface area contributed by atoms with Crippen LogP contribution in [0.1, 0.15) is 16.1 Å². The third-order valence-electron chi connectivity index (χ3n) is 4.61. The van der Waals surface area contributed by atoms with Crippen LogP contribution in [0.2, 0.25) is 0 Å². The normalized spacial score (nSPS) is 10.3. The van der Waals surface area contributed by atoms with Crippen LogP contribution in [-0.2, 0) is 0 Å². The zero-order valence-electron chi connectivity index (χ0n) is 16.5. The molecule has 1 N–H and O–H groups in total. The summed E-state index contributed by atoms with van der Waals surface area (Å²) in [4.78, 5) is 16.7. The van der Waals surface area contributed by atoms with Gasteiger partial charge in [0, 0.05) is 17.6 Å². The number of nitrogens with one attached hydrogen (secondary N) is 1. The van der Waals surface area contributed by atoms with Gasteiger partial charge < -0.3 is 10.1 Å². The van der Waals surface area contributed by atoms with Gasteiger partial charge in [0.1, 0.15) is 12.4 Å². The summed E-state index contributed by atoms with van der Waals surface area (Å²) >= 11 is 0. The van der Waals surface area contributed by atoms with Gasteiger partial charge in [-0.05, 0) is 37.3 Å². The van der Waals surface area contributed by atoms with Crippen LogP contribution in [0.3, 0.4) is 0 Å². The molecule has 0 spiro atoms. The summed E-state index contributed by atoms with van der Waals surface area (Å²) < 4.78 is 7.38. The molecule has 0 fully saturated rings. The van der Waals surface area contributed by atoms with Gasteiger partial charge in [-0.25, -0.2) is 4.68 Å². The molecule has 4 aromatic rings. The fourth-order valence-electron chi connectivity index (χ4n) is 3.05. The van der Waals surface area contributed by atoms with Crippen LogP contribution in [0.5, 0.6) is 5.75 Å². The van der Waals surface area contributed by atoms with Gasteiger partial charge in [0.15, 0.2) is 0 Å². The van der Waals surface area contributed by atoms with Crippen LogP contribution in [0.4, 0.5) is 0 Å². The van der Waals surface area contributed by atoms with Crippen LogP contribution in [0.15, 0.2) is 73.1 Å². The van der Waals surface area contributed by atoms with Crippen LogP contribution < -0.4 is 10.1 Å². The van der Waals surface area contributed by atoms with Crippen molar-refractivity contribution in [1.82, 2.24) is 20.1 Å². The van der Waals surface area contributed by atoms with E-state index in [0.29, 0.717) is 11.3 Å². The van der Waals surface area contributed by atoms with Gasteiger partial charge >= 0.3 is 0 Å². The van der Waals surface area contributed by atoms with E-state index in [-0.39, 0.29) is 19.1 Å². The Morgan fingerprint density at radius 3 is 2.83 bits per heavy atom. The molecule has 30 heavy (non-hydrogen) atoms. The number of benzene rings is 2. The lowest BCUT2D eigenvalue weighted by molar-refractivity contribution is 0.0958. The van der Waals surface area contributed by atoms with E-state index in [1.807, 2.05) is 67.6 Å². The van der Waals surface area contributed by atoms with Gasteiger partial charge in [0.2, 0.25) is 0 Å². The molecule has 2 aromatic carbocycles. The topological polar surface area (TPSA) is 69.0 Å². The number of carbonyl (C=O) groups is 1. The molecule has 0 saturated heterocycles. The van der Waals surface area contributed by atoms with E-state index in [4.69, 9.17) is 4.74 Å². The smallest absolute Gasteiger partial charge is 0.255 e. The summed E-state index contributed by atoms with van der Waals surface area (Å²) in [6.45, 7) is 2.34. The maximum absolute atomic E-state index is 12.4. The first-order chi connectivity index (χ1) is 14.7. The average molecular weight is 396 g/mol. The molecular formula is C24H20N4O2. The molecule has 1 amide bonds. The maximum Gasteiger partial charge on any atom is 0.255 e. The highest BCUT2D eigenvalue weighted by Gasteiger charge is 2.14. The molecule has 148 valence electrons. The first-order valence-electron chi connectivity index (χ1n) is 9.54. The predicted octanol–water partition coefficient (Wildman–Crippen LogP) is 3.54. The molecule has 0 saturated carbocycles. The van der Waals surface area contributed by atoms with Crippen molar-refractivity contribution in [3.8, 4) is 23.3 Å². The van der Waals surface area contributed by atoms with Crippen LogP contribution in [-0.4, -0.2) is 33.8 Å². The van der Waals surface area contributed by atoms with E-state index in [1.54, 1.807) is 17.1 Å². The van der Waals surface area contributed by atoms with Crippen molar-refractivity contribution in [1.29, 1.82) is 0 Å². The van der Waals surface area contributed by atoms with Gasteiger partial charge in [-0.3, -0.25) is 9.78 Å². The molecule has 2 aromatic heterocycles. The Morgan fingerprint density at radius 1 is 1.10 bits per heavy atom. The third kappa shape index (κ3) is 4.31. The van der Waals surface area contributed by atoms with Gasteiger partial charge in [-0.2, -0.15) is 5.10 Å². The molecular weight excluding hydrogens is 376 g/mol. The van der Waals surface area contributed by atoms with E-state index in [1.165, 1.54) is 0 Å². The summed E-state index contributed by atoms with van der Waals surface area (Å²) in [6, 6.07) is 19.3.